The molecule has 0 aliphatic carbocycles. The van der Waals surface area contributed by atoms with Crippen molar-refractivity contribution >= 4 is 11.3 Å². The minimum Gasteiger partial charge on any atom is -0.344 e. The Morgan fingerprint density at radius 2 is 1.74 bits per heavy atom. The Morgan fingerprint density at radius 1 is 1.00 bits per heavy atom. The molecule has 0 bridgehead atoms. The molecule has 2 heterocycles. The second-order valence-electron chi connectivity index (χ2n) is 4.70. The van der Waals surface area contributed by atoms with E-state index in [1.165, 1.54) is 22.4 Å². The molecule has 0 atom stereocenters. The molecule has 0 radical (unpaired) electrons. The van der Waals surface area contributed by atoms with E-state index < -0.39 is 0 Å². The Hall–Kier alpha value is -2.35. The van der Waals surface area contributed by atoms with E-state index in [9.17, 15) is 0 Å². The summed E-state index contributed by atoms with van der Waals surface area (Å²) < 4.78 is 0. The molecule has 1 aliphatic heterocycles. The number of benzene rings is 1. The number of pyridine rings is 1. The monoisotopic (exact) mass is 248 g/mol. The predicted octanol–water partition coefficient (Wildman–Crippen LogP) is 3.81. The van der Waals surface area contributed by atoms with Crippen LogP contribution in [0.5, 0.6) is 0 Å². The third-order valence-corrected chi connectivity index (χ3v) is 3.32. The lowest BCUT2D eigenvalue weighted by Gasteiger charge is -2.23. The summed E-state index contributed by atoms with van der Waals surface area (Å²) in [5.41, 5.74) is 4.99. The van der Waals surface area contributed by atoms with Crippen LogP contribution in [0.1, 0.15) is 11.1 Å². The maximum atomic E-state index is 4.05. The lowest BCUT2D eigenvalue weighted by atomic mass is 10.0. The summed E-state index contributed by atoms with van der Waals surface area (Å²) in [6.45, 7) is 3.01. The fourth-order valence-corrected chi connectivity index (χ4v) is 2.18. The fourth-order valence-electron chi connectivity index (χ4n) is 2.18. The maximum absolute atomic E-state index is 4.05. The van der Waals surface area contributed by atoms with Gasteiger partial charge >= 0.3 is 0 Å². The molecule has 0 saturated heterocycles. The minimum atomic E-state index is 0.900. The molecular formula is C17H16N2. The first-order valence-corrected chi connectivity index (χ1v) is 6.45. The molecule has 2 aromatic rings. The first-order chi connectivity index (χ1) is 9.33. The highest BCUT2D eigenvalue weighted by Gasteiger charge is 2.07. The number of aryl methyl sites for hydroxylation is 1. The molecule has 3 rings (SSSR count). The van der Waals surface area contributed by atoms with Gasteiger partial charge in [-0.2, -0.15) is 0 Å². The molecule has 94 valence electrons. The molecule has 2 nitrogen and oxygen atoms in total. The topological polar surface area (TPSA) is 16.1 Å². The van der Waals surface area contributed by atoms with Gasteiger partial charge in [-0.15, -0.1) is 0 Å². The number of hydrogen-bond donors (Lipinski definition) is 0. The number of allylic oxidation sites excluding steroid dienone is 2. The van der Waals surface area contributed by atoms with E-state index in [0.29, 0.717) is 0 Å². The lowest BCUT2D eigenvalue weighted by molar-refractivity contribution is 1.08. The average Bonchev–Trinajstić information content (AvgIpc) is 2.49. The average molecular weight is 248 g/mol. The van der Waals surface area contributed by atoms with E-state index in [-0.39, 0.29) is 0 Å². The summed E-state index contributed by atoms with van der Waals surface area (Å²) in [5.74, 6) is 0. The van der Waals surface area contributed by atoms with Crippen LogP contribution in [0.3, 0.4) is 0 Å². The van der Waals surface area contributed by atoms with Crippen LogP contribution in [0.2, 0.25) is 0 Å². The summed E-state index contributed by atoms with van der Waals surface area (Å²) in [4.78, 5) is 6.29. The van der Waals surface area contributed by atoms with Crippen LogP contribution in [0.25, 0.3) is 5.57 Å². The smallest absolute Gasteiger partial charge is 0.0415 e. The normalized spacial score (nSPS) is 14.4. The third kappa shape index (κ3) is 2.58. The van der Waals surface area contributed by atoms with Gasteiger partial charge in [-0.05, 0) is 48.4 Å². The molecule has 1 aromatic carbocycles. The zero-order valence-corrected chi connectivity index (χ0v) is 11.0. The number of nitrogens with zero attached hydrogens (tertiary/aromatic N) is 2. The van der Waals surface area contributed by atoms with Gasteiger partial charge in [0.1, 0.15) is 0 Å². The second-order valence-corrected chi connectivity index (χ2v) is 4.70. The van der Waals surface area contributed by atoms with Gasteiger partial charge in [-0.1, -0.05) is 23.8 Å². The standard InChI is InChI=1S/C17H16N2/c1-14-2-4-17(5-3-14)19-12-8-16(9-13-19)15-6-10-18-11-7-15/h2-12H,13H2,1H3. The number of hydrogen-bond acceptors (Lipinski definition) is 2. The highest BCUT2D eigenvalue weighted by atomic mass is 15.1. The summed E-state index contributed by atoms with van der Waals surface area (Å²) in [7, 11) is 0. The maximum Gasteiger partial charge on any atom is 0.0415 e. The zero-order valence-electron chi connectivity index (χ0n) is 11.0. The highest BCUT2D eigenvalue weighted by molar-refractivity contribution is 5.76. The molecule has 0 amide bonds. The highest BCUT2D eigenvalue weighted by Crippen LogP contribution is 2.23. The van der Waals surface area contributed by atoms with Crippen molar-refractivity contribution in [1.82, 2.24) is 4.98 Å². The molecule has 0 unspecified atom stereocenters. The van der Waals surface area contributed by atoms with Crippen molar-refractivity contribution in [3.05, 3.63) is 78.3 Å². The van der Waals surface area contributed by atoms with Crippen LogP contribution >= 0.6 is 0 Å². The first-order valence-electron chi connectivity index (χ1n) is 6.45. The van der Waals surface area contributed by atoms with E-state index >= 15 is 0 Å². The van der Waals surface area contributed by atoms with Crippen molar-refractivity contribution in [3.63, 3.8) is 0 Å². The van der Waals surface area contributed by atoms with Crippen molar-refractivity contribution in [1.29, 1.82) is 0 Å². The molecule has 0 fully saturated rings. The Labute approximate surface area is 113 Å². The molecule has 1 aromatic heterocycles. The Morgan fingerprint density at radius 3 is 2.37 bits per heavy atom. The van der Waals surface area contributed by atoms with Gasteiger partial charge in [0.05, 0.1) is 0 Å². The molecule has 19 heavy (non-hydrogen) atoms. The van der Waals surface area contributed by atoms with Crippen molar-refractivity contribution in [2.75, 3.05) is 11.4 Å². The van der Waals surface area contributed by atoms with Gasteiger partial charge in [0, 0.05) is 30.8 Å². The van der Waals surface area contributed by atoms with Crippen LogP contribution in [0, 0.1) is 6.92 Å². The van der Waals surface area contributed by atoms with Crippen LogP contribution in [-0.2, 0) is 0 Å². The van der Waals surface area contributed by atoms with Crippen molar-refractivity contribution < 1.29 is 0 Å². The fraction of sp³-hybridized carbons (Fsp3) is 0.118. The number of anilines is 1. The van der Waals surface area contributed by atoms with E-state index in [2.05, 4.69) is 59.4 Å². The van der Waals surface area contributed by atoms with Crippen LogP contribution in [-0.4, -0.2) is 11.5 Å². The van der Waals surface area contributed by atoms with Crippen molar-refractivity contribution in [3.8, 4) is 0 Å². The van der Waals surface area contributed by atoms with Crippen molar-refractivity contribution in [2.24, 2.45) is 0 Å². The van der Waals surface area contributed by atoms with E-state index in [4.69, 9.17) is 0 Å². The summed E-state index contributed by atoms with van der Waals surface area (Å²) in [6.07, 6.45) is 10.2. The Bertz CT molecular complexity index is 609. The predicted molar refractivity (Wildman–Crippen MR) is 79.9 cm³/mol. The lowest BCUT2D eigenvalue weighted by Crippen LogP contribution is -2.18. The Kier molecular flexibility index (Phi) is 3.15. The number of rotatable bonds is 2. The summed E-state index contributed by atoms with van der Waals surface area (Å²) in [6, 6.07) is 12.7. The van der Waals surface area contributed by atoms with Gasteiger partial charge in [-0.3, -0.25) is 4.98 Å². The van der Waals surface area contributed by atoms with Gasteiger partial charge in [0.25, 0.3) is 0 Å². The molecule has 0 spiro atoms. The van der Waals surface area contributed by atoms with Gasteiger partial charge in [-0.25, -0.2) is 0 Å². The SMILES string of the molecule is Cc1ccc(N2C=CC(c3ccncc3)=CC2)cc1. The van der Waals surface area contributed by atoms with E-state index in [1.807, 2.05) is 24.5 Å². The molecule has 2 heteroatoms. The van der Waals surface area contributed by atoms with Crippen LogP contribution in [0.4, 0.5) is 5.69 Å². The van der Waals surface area contributed by atoms with E-state index in [0.717, 1.165) is 6.54 Å². The summed E-state index contributed by atoms with van der Waals surface area (Å²) >= 11 is 0. The van der Waals surface area contributed by atoms with Crippen LogP contribution < -0.4 is 4.90 Å². The first kappa shape index (κ1) is 11.7. The molecule has 0 saturated carbocycles. The molecule has 1 aliphatic rings. The zero-order chi connectivity index (χ0) is 13.1. The quantitative estimate of drug-likeness (QED) is 0.803. The minimum absolute atomic E-state index is 0.900. The van der Waals surface area contributed by atoms with E-state index in [1.54, 1.807) is 0 Å². The van der Waals surface area contributed by atoms with Gasteiger partial charge in [0.15, 0.2) is 0 Å². The largest absolute Gasteiger partial charge is 0.344 e. The van der Waals surface area contributed by atoms with Crippen molar-refractivity contribution in [2.45, 2.75) is 6.92 Å². The van der Waals surface area contributed by atoms with Gasteiger partial charge < -0.3 is 4.90 Å². The second kappa shape index (κ2) is 5.11. The number of aromatic nitrogens is 1. The van der Waals surface area contributed by atoms with Gasteiger partial charge in [0.2, 0.25) is 0 Å². The third-order valence-electron chi connectivity index (χ3n) is 3.32. The molecular weight excluding hydrogens is 232 g/mol. The molecule has 0 N–H and O–H groups in total. The Balaban J connectivity index is 1.78. The summed E-state index contributed by atoms with van der Waals surface area (Å²) in [5, 5.41) is 0. The van der Waals surface area contributed by atoms with Crippen LogP contribution in [0.15, 0.2) is 67.1 Å².